The van der Waals surface area contributed by atoms with Gasteiger partial charge in [-0.2, -0.15) is 0 Å². The minimum atomic E-state index is 0.329. The number of thiocarbonyl (C=S) groups is 1. The number of hydrogen-bond donors (Lipinski definition) is 1. The molecule has 0 amide bonds. The summed E-state index contributed by atoms with van der Waals surface area (Å²) in [5, 5.41) is 0. The molecule has 1 heterocycles. The van der Waals surface area contributed by atoms with Gasteiger partial charge >= 0.3 is 0 Å². The van der Waals surface area contributed by atoms with Crippen molar-refractivity contribution >= 4 is 17.2 Å². The van der Waals surface area contributed by atoms with E-state index in [-0.39, 0.29) is 0 Å². The van der Waals surface area contributed by atoms with Crippen molar-refractivity contribution in [2.75, 3.05) is 32.7 Å². The molecule has 1 atom stereocenters. The van der Waals surface area contributed by atoms with Gasteiger partial charge < -0.3 is 10.6 Å². The first-order valence-corrected chi connectivity index (χ1v) is 7.87. The van der Waals surface area contributed by atoms with Crippen LogP contribution < -0.4 is 5.73 Å². The van der Waals surface area contributed by atoms with Crippen molar-refractivity contribution in [1.82, 2.24) is 9.80 Å². The van der Waals surface area contributed by atoms with E-state index >= 15 is 0 Å². The quantitative estimate of drug-likeness (QED) is 0.715. The summed E-state index contributed by atoms with van der Waals surface area (Å²) in [6, 6.07) is 0.329. The Morgan fingerprint density at radius 3 is 2.44 bits per heavy atom. The first kappa shape index (κ1) is 14.2. The third kappa shape index (κ3) is 4.18. The lowest BCUT2D eigenvalue weighted by Crippen LogP contribution is -2.53. The lowest BCUT2D eigenvalue weighted by molar-refractivity contribution is 0.113. The lowest BCUT2D eigenvalue weighted by atomic mass is 10.1. The summed E-state index contributed by atoms with van der Waals surface area (Å²) in [5.74, 6) is 1.05. The Kier molecular flexibility index (Phi) is 5.39. The zero-order valence-corrected chi connectivity index (χ0v) is 12.4. The van der Waals surface area contributed by atoms with Crippen molar-refractivity contribution in [2.45, 2.75) is 45.1 Å². The van der Waals surface area contributed by atoms with Crippen LogP contribution in [0.2, 0.25) is 0 Å². The molecule has 0 aromatic rings. The summed E-state index contributed by atoms with van der Waals surface area (Å²) in [5.41, 5.74) is 5.87. The van der Waals surface area contributed by atoms with Crippen molar-refractivity contribution in [3.8, 4) is 0 Å². The van der Waals surface area contributed by atoms with Gasteiger partial charge in [-0.15, -0.1) is 0 Å². The first-order chi connectivity index (χ1) is 8.70. The molecule has 2 aliphatic rings. The molecular weight excluding hydrogens is 242 g/mol. The highest BCUT2D eigenvalue weighted by molar-refractivity contribution is 7.80. The Bertz CT molecular complexity index is 270. The van der Waals surface area contributed by atoms with Gasteiger partial charge in [0.1, 0.15) is 0 Å². The largest absolute Gasteiger partial charge is 0.392 e. The van der Waals surface area contributed by atoms with Gasteiger partial charge in [0, 0.05) is 26.2 Å². The maximum Gasteiger partial charge on any atom is 0.0902 e. The van der Waals surface area contributed by atoms with Crippen LogP contribution >= 0.6 is 12.2 Å². The van der Waals surface area contributed by atoms with Crippen LogP contribution in [0.25, 0.3) is 0 Å². The van der Waals surface area contributed by atoms with Gasteiger partial charge in [-0.3, -0.25) is 4.90 Å². The SMILES string of the molecule is CCCC(C(N)=S)N1CCN(CCC2CC2)CC1. The Labute approximate surface area is 117 Å². The molecule has 2 rings (SSSR count). The van der Waals surface area contributed by atoms with Gasteiger partial charge in [-0.25, -0.2) is 0 Å². The highest BCUT2D eigenvalue weighted by Gasteiger charge is 2.26. The fourth-order valence-electron chi connectivity index (χ4n) is 2.85. The molecule has 18 heavy (non-hydrogen) atoms. The van der Waals surface area contributed by atoms with E-state index in [1.807, 2.05) is 0 Å². The maximum atomic E-state index is 5.87. The van der Waals surface area contributed by atoms with Crippen LogP contribution in [-0.4, -0.2) is 53.6 Å². The van der Waals surface area contributed by atoms with Crippen LogP contribution in [0.4, 0.5) is 0 Å². The van der Waals surface area contributed by atoms with E-state index in [9.17, 15) is 0 Å². The Balaban J connectivity index is 1.71. The van der Waals surface area contributed by atoms with Crippen LogP contribution in [0.15, 0.2) is 0 Å². The highest BCUT2D eigenvalue weighted by atomic mass is 32.1. The monoisotopic (exact) mass is 269 g/mol. The minimum Gasteiger partial charge on any atom is -0.392 e. The molecule has 1 aliphatic heterocycles. The standard InChI is InChI=1S/C14H27N3S/c1-2-3-13(14(15)18)17-10-8-16(9-11-17)7-6-12-4-5-12/h12-13H,2-11H2,1H3,(H2,15,18). The normalized spacial score (nSPS) is 24.1. The molecule has 4 heteroatoms. The lowest BCUT2D eigenvalue weighted by Gasteiger charge is -2.39. The van der Waals surface area contributed by atoms with Crippen LogP contribution in [-0.2, 0) is 0 Å². The van der Waals surface area contributed by atoms with E-state index < -0.39 is 0 Å². The van der Waals surface area contributed by atoms with Crippen LogP contribution in [0, 0.1) is 5.92 Å². The number of piperazine rings is 1. The average Bonchev–Trinajstić information content (AvgIpc) is 3.18. The number of nitrogens with two attached hydrogens (primary N) is 1. The molecule has 0 radical (unpaired) electrons. The second-order valence-electron chi connectivity index (χ2n) is 5.82. The summed E-state index contributed by atoms with van der Waals surface area (Å²) in [4.78, 5) is 5.78. The third-order valence-electron chi connectivity index (χ3n) is 4.29. The number of nitrogens with zero attached hydrogens (tertiary/aromatic N) is 2. The first-order valence-electron chi connectivity index (χ1n) is 7.46. The molecule has 0 bridgehead atoms. The van der Waals surface area contributed by atoms with Crippen LogP contribution in [0.1, 0.15) is 39.0 Å². The van der Waals surface area contributed by atoms with E-state index in [0.717, 1.165) is 31.8 Å². The minimum absolute atomic E-state index is 0.329. The molecule has 2 fully saturated rings. The van der Waals surface area contributed by atoms with Crippen LogP contribution in [0.3, 0.4) is 0 Å². The van der Waals surface area contributed by atoms with Gasteiger partial charge in [-0.1, -0.05) is 38.4 Å². The molecular formula is C14H27N3S. The van der Waals surface area contributed by atoms with E-state index in [1.54, 1.807) is 0 Å². The van der Waals surface area contributed by atoms with Gasteiger partial charge in [0.05, 0.1) is 11.0 Å². The van der Waals surface area contributed by atoms with Crippen molar-refractivity contribution in [3.05, 3.63) is 0 Å². The number of hydrogen-bond acceptors (Lipinski definition) is 3. The fourth-order valence-corrected chi connectivity index (χ4v) is 3.12. The zero-order valence-electron chi connectivity index (χ0n) is 11.6. The summed E-state index contributed by atoms with van der Waals surface area (Å²) in [6.45, 7) is 8.14. The Morgan fingerprint density at radius 1 is 1.28 bits per heavy atom. The maximum absolute atomic E-state index is 5.87. The summed E-state index contributed by atoms with van der Waals surface area (Å²) in [6.07, 6.45) is 6.62. The van der Waals surface area contributed by atoms with Crippen molar-refractivity contribution in [1.29, 1.82) is 0 Å². The molecule has 2 N–H and O–H groups in total. The Hall–Kier alpha value is -0.190. The molecule has 104 valence electrons. The highest BCUT2D eigenvalue weighted by Crippen LogP contribution is 2.32. The van der Waals surface area contributed by atoms with E-state index in [0.29, 0.717) is 11.0 Å². The second kappa shape index (κ2) is 6.83. The van der Waals surface area contributed by atoms with Crippen molar-refractivity contribution in [2.24, 2.45) is 11.7 Å². The molecule has 0 aromatic heterocycles. The van der Waals surface area contributed by atoms with E-state index in [1.165, 1.54) is 38.9 Å². The topological polar surface area (TPSA) is 32.5 Å². The summed E-state index contributed by atoms with van der Waals surface area (Å²) in [7, 11) is 0. The van der Waals surface area contributed by atoms with Gasteiger partial charge in [0.25, 0.3) is 0 Å². The van der Waals surface area contributed by atoms with Gasteiger partial charge in [-0.05, 0) is 25.3 Å². The van der Waals surface area contributed by atoms with Crippen molar-refractivity contribution in [3.63, 3.8) is 0 Å². The molecule has 0 spiro atoms. The summed E-state index contributed by atoms with van der Waals surface area (Å²) >= 11 is 5.21. The van der Waals surface area contributed by atoms with E-state index in [2.05, 4.69) is 16.7 Å². The van der Waals surface area contributed by atoms with Crippen LogP contribution in [0.5, 0.6) is 0 Å². The predicted octanol–water partition coefficient (Wildman–Crippen LogP) is 1.86. The van der Waals surface area contributed by atoms with Gasteiger partial charge in [0.15, 0.2) is 0 Å². The smallest absolute Gasteiger partial charge is 0.0902 e. The molecule has 1 saturated heterocycles. The molecule has 3 nitrogen and oxygen atoms in total. The fraction of sp³-hybridized carbons (Fsp3) is 0.929. The van der Waals surface area contributed by atoms with E-state index in [4.69, 9.17) is 18.0 Å². The molecule has 0 aromatic carbocycles. The zero-order chi connectivity index (χ0) is 13.0. The second-order valence-corrected chi connectivity index (χ2v) is 6.29. The molecule has 1 saturated carbocycles. The number of rotatable bonds is 7. The van der Waals surface area contributed by atoms with Crippen molar-refractivity contribution < 1.29 is 0 Å². The Morgan fingerprint density at radius 2 is 1.94 bits per heavy atom. The average molecular weight is 269 g/mol. The molecule has 1 aliphatic carbocycles. The van der Waals surface area contributed by atoms with Gasteiger partial charge in [0.2, 0.25) is 0 Å². The third-order valence-corrected chi connectivity index (χ3v) is 4.56. The predicted molar refractivity (Wildman–Crippen MR) is 80.8 cm³/mol. The summed E-state index contributed by atoms with van der Waals surface area (Å²) < 4.78 is 0. The molecule has 1 unspecified atom stereocenters.